The summed E-state index contributed by atoms with van der Waals surface area (Å²) in [6.45, 7) is 14.2. The monoisotopic (exact) mass is 402 g/mol. The van der Waals surface area contributed by atoms with Crippen LogP contribution in [-0.4, -0.2) is 30.0 Å². The SMILES string of the molecule is CC1OB(C(C)(C)C)OC12CCC1C3CCC4CC(O)CCC4(C)C3CCC12C. The van der Waals surface area contributed by atoms with Crippen LogP contribution in [0.2, 0.25) is 5.31 Å². The third kappa shape index (κ3) is 2.73. The van der Waals surface area contributed by atoms with E-state index in [1.807, 2.05) is 0 Å². The molecule has 5 rings (SSSR count). The number of rotatable bonds is 0. The Morgan fingerprint density at radius 1 is 0.931 bits per heavy atom. The van der Waals surface area contributed by atoms with Crippen molar-refractivity contribution in [3.63, 3.8) is 0 Å². The highest BCUT2D eigenvalue weighted by atomic mass is 16.7. The molecule has 9 atom stereocenters. The minimum Gasteiger partial charge on any atom is -0.405 e. The molecule has 0 aromatic rings. The normalized spacial score (nSPS) is 54.9. The predicted octanol–water partition coefficient (Wildman–Crippen LogP) is 5.85. The molecule has 164 valence electrons. The number of aliphatic hydroxyl groups excluding tert-OH is 1. The Labute approximate surface area is 178 Å². The van der Waals surface area contributed by atoms with Crippen molar-refractivity contribution in [3.05, 3.63) is 0 Å². The molecule has 0 amide bonds. The van der Waals surface area contributed by atoms with Gasteiger partial charge < -0.3 is 14.4 Å². The lowest BCUT2D eigenvalue weighted by molar-refractivity contribution is -0.155. The van der Waals surface area contributed by atoms with Crippen LogP contribution in [0.25, 0.3) is 0 Å². The van der Waals surface area contributed by atoms with Crippen LogP contribution in [0.5, 0.6) is 0 Å². The molecule has 4 saturated carbocycles. The Kier molecular flexibility index (Phi) is 4.66. The highest BCUT2D eigenvalue weighted by Crippen LogP contribution is 2.70. The van der Waals surface area contributed by atoms with Crippen molar-refractivity contribution >= 4 is 7.12 Å². The van der Waals surface area contributed by atoms with Gasteiger partial charge >= 0.3 is 7.12 Å². The minimum atomic E-state index is -0.0961. The van der Waals surface area contributed by atoms with Gasteiger partial charge in [-0.1, -0.05) is 34.6 Å². The number of fused-ring (bicyclic) bond motifs is 6. The van der Waals surface area contributed by atoms with E-state index in [0.717, 1.165) is 36.5 Å². The first kappa shape index (κ1) is 20.8. The lowest BCUT2D eigenvalue weighted by Gasteiger charge is -2.62. The fourth-order valence-corrected chi connectivity index (χ4v) is 9.12. The van der Waals surface area contributed by atoms with Crippen molar-refractivity contribution in [1.82, 2.24) is 0 Å². The number of hydrogen-bond acceptors (Lipinski definition) is 3. The van der Waals surface area contributed by atoms with Crippen molar-refractivity contribution < 1.29 is 14.4 Å². The van der Waals surface area contributed by atoms with Gasteiger partial charge in [-0.3, -0.25) is 0 Å². The first-order valence-electron chi connectivity index (χ1n) is 12.5. The summed E-state index contributed by atoms with van der Waals surface area (Å²) in [5.41, 5.74) is 0.595. The molecule has 1 heterocycles. The van der Waals surface area contributed by atoms with Crippen LogP contribution in [0.1, 0.15) is 99.3 Å². The molecule has 4 aliphatic carbocycles. The molecule has 1 saturated heterocycles. The van der Waals surface area contributed by atoms with Crippen molar-refractivity contribution in [1.29, 1.82) is 0 Å². The Bertz CT molecular complexity index is 661. The molecule has 4 heteroatoms. The minimum absolute atomic E-state index is 0.0257. The molecule has 3 nitrogen and oxygen atoms in total. The van der Waals surface area contributed by atoms with Crippen molar-refractivity contribution in [3.8, 4) is 0 Å². The molecule has 1 spiro atoms. The van der Waals surface area contributed by atoms with Crippen molar-refractivity contribution in [2.45, 2.75) is 122 Å². The van der Waals surface area contributed by atoms with E-state index in [-0.39, 0.29) is 35.7 Å². The zero-order valence-corrected chi connectivity index (χ0v) is 19.7. The molecular weight excluding hydrogens is 359 g/mol. The average molecular weight is 402 g/mol. The van der Waals surface area contributed by atoms with Gasteiger partial charge in [-0.15, -0.1) is 0 Å². The van der Waals surface area contributed by atoms with E-state index in [1.54, 1.807) is 0 Å². The van der Waals surface area contributed by atoms with E-state index in [9.17, 15) is 5.11 Å². The largest absolute Gasteiger partial charge is 0.463 e. The summed E-state index contributed by atoms with van der Waals surface area (Å²) in [5.74, 6) is 3.20. The molecule has 5 fully saturated rings. The fourth-order valence-electron chi connectivity index (χ4n) is 9.12. The summed E-state index contributed by atoms with van der Waals surface area (Å²) in [6, 6.07) is 0. The van der Waals surface area contributed by atoms with Gasteiger partial charge in [-0.25, -0.2) is 0 Å². The van der Waals surface area contributed by atoms with E-state index < -0.39 is 0 Å². The van der Waals surface area contributed by atoms with E-state index in [0.29, 0.717) is 5.41 Å². The zero-order chi connectivity index (χ0) is 20.8. The average Bonchev–Trinajstić information content (AvgIpc) is 3.14. The summed E-state index contributed by atoms with van der Waals surface area (Å²) in [5, 5.41) is 10.3. The highest BCUT2D eigenvalue weighted by molar-refractivity contribution is 6.49. The fraction of sp³-hybridized carbons (Fsp3) is 1.00. The topological polar surface area (TPSA) is 38.7 Å². The first-order chi connectivity index (χ1) is 13.5. The van der Waals surface area contributed by atoms with Crippen LogP contribution in [0.3, 0.4) is 0 Å². The Hall–Kier alpha value is -0.0551. The van der Waals surface area contributed by atoms with Gasteiger partial charge in [-0.2, -0.15) is 0 Å². The van der Waals surface area contributed by atoms with Gasteiger partial charge in [0, 0.05) is 5.41 Å². The second-order valence-electron chi connectivity index (χ2n) is 13.1. The molecule has 5 aliphatic rings. The van der Waals surface area contributed by atoms with E-state index >= 15 is 0 Å². The van der Waals surface area contributed by atoms with Crippen molar-refractivity contribution in [2.75, 3.05) is 0 Å². The molecular formula is C25H43BO3. The van der Waals surface area contributed by atoms with Crippen LogP contribution >= 0.6 is 0 Å². The molecule has 0 aromatic heterocycles. The molecule has 0 bridgehead atoms. The zero-order valence-electron chi connectivity index (χ0n) is 19.7. The quantitative estimate of drug-likeness (QED) is 0.517. The Balaban J connectivity index is 1.43. The highest BCUT2D eigenvalue weighted by Gasteiger charge is 2.70. The number of hydrogen-bond donors (Lipinski definition) is 1. The maximum absolute atomic E-state index is 10.3. The Morgan fingerprint density at radius 3 is 2.34 bits per heavy atom. The summed E-state index contributed by atoms with van der Waals surface area (Å²) in [4.78, 5) is 0. The molecule has 9 unspecified atom stereocenters. The van der Waals surface area contributed by atoms with Crippen LogP contribution in [-0.2, 0) is 9.31 Å². The van der Waals surface area contributed by atoms with Crippen LogP contribution in [0, 0.1) is 34.5 Å². The van der Waals surface area contributed by atoms with Crippen molar-refractivity contribution in [2.24, 2.45) is 34.5 Å². The summed E-state index contributed by atoms with van der Waals surface area (Å²) in [6.07, 6.45) is 11.2. The standard InChI is InChI=1S/C25H43BO3/c1-16-25(29-26(28-16)22(2,3)4)14-11-21-19-8-7-17-15-18(27)9-12-23(17,5)20(19)10-13-24(21,25)6/h16-21,27H,7-15H2,1-6H3. The molecule has 29 heavy (non-hydrogen) atoms. The predicted molar refractivity (Wildman–Crippen MR) is 118 cm³/mol. The molecule has 0 aromatic carbocycles. The summed E-state index contributed by atoms with van der Waals surface area (Å²) < 4.78 is 13.4. The van der Waals surface area contributed by atoms with E-state index in [1.165, 1.54) is 44.9 Å². The van der Waals surface area contributed by atoms with Crippen LogP contribution in [0.15, 0.2) is 0 Å². The van der Waals surface area contributed by atoms with Gasteiger partial charge in [0.25, 0.3) is 0 Å². The van der Waals surface area contributed by atoms with Gasteiger partial charge in [0.15, 0.2) is 0 Å². The second-order valence-corrected chi connectivity index (χ2v) is 13.1. The van der Waals surface area contributed by atoms with Crippen LogP contribution in [0.4, 0.5) is 0 Å². The maximum atomic E-state index is 10.3. The van der Waals surface area contributed by atoms with Gasteiger partial charge in [-0.05, 0) is 99.1 Å². The third-order valence-electron chi connectivity index (χ3n) is 10.8. The van der Waals surface area contributed by atoms with E-state index in [4.69, 9.17) is 9.31 Å². The van der Waals surface area contributed by atoms with Crippen LogP contribution < -0.4 is 0 Å². The lowest BCUT2D eigenvalue weighted by Crippen LogP contribution is -2.59. The smallest absolute Gasteiger partial charge is 0.405 e. The lowest BCUT2D eigenvalue weighted by atomic mass is 9.44. The second kappa shape index (κ2) is 6.48. The maximum Gasteiger partial charge on any atom is 0.463 e. The third-order valence-corrected chi connectivity index (χ3v) is 10.8. The summed E-state index contributed by atoms with van der Waals surface area (Å²) in [7, 11) is -0.0844. The van der Waals surface area contributed by atoms with Gasteiger partial charge in [0.2, 0.25) is 0 Å². The number of aliphatic hydroxyl groups is 1. The Morgan fingerprint density at radius 2 is 1.66 bits per heavy atom. The molecule has 1 N–H and O–H groups in total. The first-order valence-corrected chi connectivity index (χ1v) is 12.5. The van der Waals surface area contributed by atoms with E-state index in [2.05, 4.69) is 41.5 Å². The van der Waals surface area contributed by atoms with Gasteiger partial charge in [0.05, 0.1) is 17.8 Å². The molecule has 1 aliphatic heterocycles. The summed E-state index contributed by atoms with van der Waals surface area (Å²) >= 11 is 0. The molecule has 0 radical (unpaired) electrons. The van der Waals surface area contributed by atoms with Gasteiger partial charge in [0.1, 0.15) is 0 Å².